The van der Waals surface area contributed by atoms with Crippen LogP contribution in [-0.4, -0.2) is 35.6 Å². The fraction of sp³-hybridized carbons (Fsp3) is 0.462. The van der Waals surface area contributed by atoms with E-state index in [0.717, 1.165) is 6.42 Å². The van der Waals surface area contributed by atoms with Crippen molar-refractivity contribution in [2.75, 3.05) is 13.6 Å². The number of benzene rings is 1. The van der Waals surface area contributed by atoms with Gasteiger partial charge in [-0.05, 0) is 31.4 Å². The van der Waals surface area contributed by atoms with E-state index in [9.17, 15) is 4.79 Å². The lowest BCUT2D eigenvalue weighted by atomic mass is 10.1. The van der Waals surface area contributed by atoms with Crippen molar-refractivity contribution in [2.24, 2.45) is 0 Å². The van der Waals surface area contributed by atoms with E-state index < -0.39 is 6.10 Å². The molecule has 0 bridgehead atoms. The van der Waals surface area contributed by atoms with E-state index in [1.54, 1.807) is 11.9 Å². The summed E-state index contributed by atoms with van der Waals surface area (Å²) >= 11 is 0. The Morgan fingerprint density at radius 1 is 1.44 bits per heavy atom. The van der Waals surface area contributed by atoms with E-state index in [1.165, 1.54) is 18.1 Å². The first-order valence-corrected chi connectivity index (χ1v) is 5.50. The molecule has 16 heavy (non-hydrogen) atoms. The van der Waals surface area contributed by atoms with Crippen LogP contribution in [0.15, 0.2) is 24.3 Å². The number of hydrogen-bond acceptors (Lipinski definition) is 2. The zero-order valence-electron chi connectivity index (χ0n) is 10.1. The average molecular weight is 221 g/mol. The Morgan fingerprint density at radius 3 is 2.62 bits per heavy atom. The second-order valence-corrected chi connectivity index (χ2v) is 4.11. The van der Waals surface area contributed by atoms with Crippen LogP contribution in [0.2, 0.25) is 0 Å². The molecule has 1 amide bonds. The van der Waals surface area contributed by atoms with E-state index in [4.69, 9.17) is 5.11 Å². The number of rotatable bonds is 4. The highest BCUT2D eigenvalue weighted by Crippen LogP contribution is 2.08. The SMILES string of the molecule is Cc1ccccc1CCN(C)C(=O)C(C)O. The van der Waals surface area contributed by atoms with Crippen LogP contribution in [0.3, 0.4) is 0 Å². The number of carbonyl (C=O) groups excluding carboxylic acids is 1. The summed E-state index contributed by atoms with van der Waals surface area (Å²) in [6.07, 6.45) is -0.0939. The Hall–Kier alpha value is -1.35. The molecule has 3 nitrogen and oxygen atoms in total. The van der Waals surface area contributed by atoms with E-state index >= 15 is 0 Å². The molecule has 0 saturated carbocycles. The van der Waals surface area contributed by atoms with Gasteiger partial charge in [-0.3, -0.25) is 4.79 Å². The second kappa shape index (κ2) is 5.66. The Bertz CT molecular complexity index is 361. The molecule has 0 heterocycles. The topological polar surface area (TPSA) is 40.5 Å². The maximum atomic E-state index is 11.4. The molecular weight excluding hydrogens is 202 g/mol. The fourth-order valence-electron chi connectivity index (χ4n) is 1.61. The van der Waals surface area contributed by atoms with Gasteiger partial charge in [-0.2, -0.15) is 0 Å². The number of aliphatic hydroxyl groups excluding tert-OH is 1. The molecule has 0 aromatic heterocycles. The molecule has 1 aromatic rings. The summed E-state index contributed by atoms with van der Waals surface area (Å²) in [5.41, 5.74) is 2.48. The Kier molecular flexibility index (Phi) is 4.50. The molecule has 1 atom stereocenters. The Morgan fingerprint density at radius 2 is 2.06 bits per heavy atom. The van der Waals surface area contributed by atoms with Gasteiger partial charge in [0.25, 0.3) is 5.91 Å². The quantitative estimate of drug-likeness (QED) is 0.834. The van der Waals surface area contributed by atoms with Gasteiger partial charge in [-0.1, -0.05) is 24.3 Å². The van der Waals surface area contributed by atoms with Crippen LogP contribution in [0, 0.1) is 6.92 Å². The largest absolute Gasteiger partial charge is 0.384 e. The molecule has 0 saturated heterocycles. The van der Waals surface area contributed by atoms with Gasteiger partial charge >= 0.3 is 0 Å². The van der Waals surface area contributed by atoms with Crippen LogP contribution < -0.4 is 0 Å². The monoisotopic (exact) mass is 221 g/mol. The van der Waals surface area contributed by atoms with Crippen molar-refractivity contribution in [3.63, 3.8) is 0 Å². The third kappa shape index (κ3) is 3.35. The van der Waals surface area contributed by atoms with Crippen molar-refractivity contribution in [1.82, 2.24) is 4.90 Å². The fourth-order valence-corrected chi connectivity index (χ4v) is 1.61. The summed E-state index contributed by atoms with van der Waals surface area (Å²) in [5.74, 6) is -0.228. The molecule has 0 aliphatic carbocycles. The van der Waals surface area contributed by atoms with Gasteiger partial charge in [0.05, 0.1) is 0 Å². The minimum atomic E-state index is -0.915. The first kappa shape index (κ1) is 12.7. The average Bonchev–Trinajstić information content (AvgIpc) is 2.26. The first-order chi connectivity index (χ1) is 7.52. The number of aryl methyl sites for hydroxylation is 1. The third-order valence-corrected chi connectivity index (χ3v) is 2.71. The third-order valence-electron chi connectivity index (χ3n) is 2.71. The lowest BCUT2D eigenvalue weighted by molar-refractivity contribution is -0.137. The van der Waals surface area contributed by atoms with Crippen LogP contribution in [0.1, 0.15) is 18.1 Å². The summed E-state index contributed by atoms with van der Waals surface area (Å²) in [4.78, 5) is 13.0. The van der Waals surface area contributed by atoms with Gasteiger partial charge in [0.1, 0.15) is 6.10 Å². The van der Waals surface area contributed by atoms with Crippen molar-refractivity contribution in [3.05, 3.63) is 35.4 Å². The molecule has 0 fully saturated rings. The molecule has 1 unspecified atom stereocenters. The molecule has 1 aromatic carbocycles. The predicted molar refractivity (Wildman–Crippen MR) is 64.2 cm³/mol. The number of amides is 1. The standard InChI is InChI=1S/C13H19NO2/c1-10-6-4-5-7-12(10)8-9-14(3)13(16)11(2)15/h4-7,11,15H,8-9H2,1-3H3. The van der Waals surface area contributed by atoms with Crippen LogP contribution in [0.5, 0.6) is 0 Å². The number of hydrogen-bond donors (Lipinski definition) is 1. The van der Waals surface area contributed by atoms with Crippen molar-refractivity contribution < 1.29 is 9.90 Å². The molecule has 0 aliphatic rings. The van der Waals surface area contributed by atoms with Gasteiger partial charge in [-0.15, -0.1) is 0 Å². The van der Waals surface area contributed by atoms with Gasteiger partial charge in [-0.25, -0.2) is 0 Å². The lowest BCUT2D eigenvalue weighted by Gasteiger charge is -2.19. The molecule has 0 aliphatic heterocycles. The van der Waals surface area contributed by atoms with Crippen molar-refractivity contribution >= 4 is 5.91 Å². The predicted octanol–water partition coefficient (Wildman–Crippen LogP) is 1.38. The van der Waals surface area contributed by atoms with Crippen molar-refractivity contribution in [3.8, 4) is 0 Å². The highest BCUT2D eigenvalue weighted by atomic mass is 16.3. The number of aliphatic hydroxyl groups is 1. The molecule has 3 heteroatoms. The van der Waals surface area contributed by atoms with Gasteiger partial charge < -0.3 is 10.0 Å². The highest BCUT2D eigenvalue weighted by Gasteiger charge is 2.14. The van der Waals surface area contributed by atoms with Gasteiger partial charge in [0.2, 0.25) is 0 Å². The Balaban J connectivity index is 2.52. The minimum absolute atomic E-state index is 0.228. The van der Waals surface area contributed by atoms with Crippen molar-refractivity contribution in [1.29, 1.82) is 0 Å². The maximum Gasteiger partial charge on any atom is 0.250 e. The summed E-state index contributed by atoms with van der Waals surface area (Å²) < 4.78 is 0. The normalized spacial score (nSPS) is 12.2. The molecule has 88 valence electrons. The van der Waals surface area contributed by atoms with E-state index in [1.807, 2.05) is 12.1 Å². The zero-order valence-corrected chi connectivity index (χ0v) is 10.1. The van der Waals surface area contributed by atoms with Gasteiger partial charge in [0, 0.05) is 13.6 Å². The number of carbonyl (C=O) groups is 1. The van der Waals surface area contributed by atoms with Crippen LogP contribution in [-0.2, 0) is 11.2 Å². The molecule has 1 N–H and O–H groups in total. The zero-order chi connectivity index (χ0) is 12.1. The van der Waals surface area contributed by atoms with E-state index in [2.05, 4.69) is 19.1 Å². The minimum Gasteiger partial charge on any atom is -0.384 e. The number of likely N-dealkylation sites (N-methyl/N-ethyl adjacent to an activating group) is 1. The second-order valence-electron chi connectivity index (χ2n) is 4.11. The summed E-state index contributed by atoms with van der Waals surface area (Å²) in [7, 11) is 1.72. The summed E-state index contributed by atoms with van der Waals surface area (Å²) in [6, 6.07) is 8.13. The van der Waals surface area contributed by atoms with E-state index in [-0.39, 0.29) is 5.91 Å². The summed E-state index contributed by atoms with van der Waals surface area (Å²) in [5, 5.41) is 9.15. The summed E-state index contributed by atoms with van der Waals surface area (Å²) in [6.45, 7) is 4.19. The van der Waals surface area contributed by atoms with E-state index in [0.29, 0.717) is 6.54 Å². The smallest absolute Gasteiger partial charge is 0.250 e. The van der Waals surface area contributed by atoms with Crippen molar-refractivity contribution in [2.45, 2.75) is 26.4 Å². The lowest BCUT2D eigenvalue weighted by Crippen LogP contribution is -2.36. The molecule has 0 radical (unpaired) electrons. The molecule has 1 rings (SSSR count). The first-order valence-electron chi connectivity index (χ1n) is 5.50. The highest BCUT2D eigenvalue weighted by molar-refractivity contribution is 5.79. The van der Waals surface area contributed by atoms with Gasteiger partial charge in [0.15, 0.2) is 0 Å². The van der Waals surface area contributed by atoms with Crippen LogP contribution in [0.4, 0.5) is 0 Å². The van der Waals surface area contributed by atoms with Crippen LogP contribution >= 0.6 is 0 Å². The number of nitrogens with zero attached hydrogens (tertiary/aromatic N) is 1. The molecule has 0 spiro atoms. The van der Waals surface area contributed by atoms with Crippen LogP contribution in [0.25, 0.3) is 0 Å². The Labute approximate surface area is 96.7 Å². The maximum absolute atomic E-state index is 11.4. The molecular formula is C13H19NO2.